The molecule has 2 saturated heterocycles. The normalized spacial score (nSPS) is 16.9. The summed E-state index contributed by atoms with van der Waals surface area (Å²) in [5.41, 5.74) is 5.28. The lowest BCUT2D eigenvalue weighted by molar-refractivity contribution is -0.138. The van der Waals surface area contributed by atoms with Gasteiger partial charge in [0.15, 0.2) is 5.78 Å². The number of benzene rings is 2. The first-order valence-electron chi connectivity index (χ1n) is 17.3. The highest BCUT2D eigenvalue weighted by Gasteiger charge is 2.38. The number of carbonyl (C=O) groups is 2. The molecule has 52 heavy (non-hydrogen) atoms. The minimum absolute atomic E-state index is 0.0540. The van der Waals surface area contributed by atoms with Gasteiger partial charge in [0.2, 0.25) is 0 Å². The molecule has 0 radical (unpaired) electrons. The molecule has 0 unspecified atom stereocenters. The summed E-state index contributed by atoms with van der Waals surface area (Å²) in [7, 11) is 1.38. The third kappa shape index (κ3) is 6.91. The van der Waals surface area contributed by atoms with Gasteiger partial charge in [-0.25, -0.2) is 19.4 Å². The molecule has 1 amide bonds. The van der Waals surface area contributed by atoms with Crippen molar-refractivity contribution in [3.05, 3.63) is 64.3 Å². The molecule has 2 aliphatic rings. The van der Waals surface area contributed by atoms with E-state index in [0.717, 1.165) is 63.1 Å². The molecular weight excluding hydrogens is 710 g/mol. The summed E-state index contributed by atoms with van der Waals surface area (Å²) < 4.78 is 41.4. The van der Waals surface area contributed by atoms with Crippen LogP contribution in [0.2, 0.25) is 5.02 Å². The number of likely N-dealkylation sites (tertiary alicyclic amines) is 2. The molecule has 0 N–H and O–H groups in total. The van der Waals surface area contributed by atoms with Crippen molar-refractivity contribution in [1.82, 2.24) is 29.5 Å². The standard InChI is InChI=1S/C38H41ClF2N6O4S/c1-20-17-27-34(30(22-7-9-24(39)10-8-22)29(20)33(21(2)48)51-38(3,4)5)52-35(43-27)26-11-12-28-32(42-26)31(44-47(28)36(40)41)23-13-15-45(16-14-23)25-18-46(19-25)37(49)50-6/h7-12,17,23,25,33,36H,13-16,18-19H2,1-6H3/t33-/m1/s1. The van der Waals surface area contributed by atoms with Gasteiger partial charge < -0.3 is 14.4 Å². The van der Waals surface area contributed by atoms with Crippen LogP contribution < -0.4 is 0 Å². The quantitative estimate of drug-likeness (QED) is 0.155. The topological polar surface area (TPSA) is 103 Å². The average Bonchev–Trinajstić information content (AvgIpc) is 3.68. The smallest absolute Gasteiger partial charge is 0.409 e. The molecule has 0 saturated carbocycles. The summed E-state index contributed by atoms with van der Waals surface area (Å²) in [6, 6.07) is 13.1. The van der Waals surface area contributed by atoms with Gasteiger partial charge in [-0.3, -0.25) is 9.69 Å². The molecule has 0 spiro atoms. The Hall–Kier alpha value is -4.04. The third-order valence-electron chi connectivity index (χ3n) is 9.87. The number of thiazole rings is 1. The predicted octanol–water partition coefficient (Wildman–Crippen LogP) is 8.81. The van der Waals surface area contributed by atoms with E-state index in [1.807, 2.05) is 58.0 Å². The molecule has 2 aliphatic heterocycles. The summed E-state index contributed by atoms with van der Waals surface area (Å²) in [4.78, 5) is 39.0. The number of halogens is 3. The van der Waals surface area contributed by atoms with Gasteiger partial charge in [0.1, 0.15) is 16.6 Å². The second kappa shape index (κ2) is 14.1. The summed E-state index contributed by atoms with van der Waals surface area (Å²) in [5, 5.41) is 5.64. The van der Waals surface area contributed by atoms with Gasteiger partial charge in [0, 0.05) is 41.2 Å². The van der Waals surface area contributed by atoms with E-state index >= 15 is 0 Å². The second-order valence-corrected chi connectivity index (χ2v) is 16.0. The van der Waals surface area contributed by atoms with Gasteiger partial charge in [0.25, 0.3) is 0 Å². The number of amides is 1. The van der Waals surface area contributed by atoms with E-state index in [2.05, 4.69) is 10.00 Å². The fraction of sp³-hybridized carbons (Fsp3) is 0.447. The Labute approximate surface area is 309 Å². The molecule has 14 heteroatoms. The molecule has 0 bridgehead atoms. The van der Waals surface area contributed by atoms with E-state index in [-0.39, 0.29) is 29.4 Å². The monoisotopic (exact) mass is 750 g/mol. The fourth-order valence-corrected chi connectivity index (χ4v) is 8.57. The van der Waals surface area contributed by atoms with Crippen molar-refractivity contribution < 1.29 is 27.8 Å². The van der Waals surface area contributed by atoms with Crippen LogP contribution in [0.25, 0.3) is 43.1 Å². The molecule has 2 aromatic carbocycles. The number of methoxy groups -OCH3 is 1. The fourth-order valence-electron chi connectivity index (χ4n) is 7.35. The first kappa shape index (κ1) is 36.3. The second-order valence-electron chi connectivity index (χ2n) is 14.6. The minimum Gasteiger partial charge on any atom is -0.453 e. The number of aryl methyl sites for hydroxylation is 1. The van der Waals surface area contributed by atoms with Crippen LogP contribution in [0.15, 0.2) is 42.5 Å². The molecule has 2 fully saturated rings. The zero-order valence-electron chi connectivity index (χ0n) is 30.0. The number of hydrogen-bond acceptors (Lipinski definition) is 9. The molecule has 10 nitrogen and oxygen atoms in total. The number of Topliss-reactive ketones (excluding diaryl/α,β-unsaturated/α-hetero) is 1. The number of piperidine rings is 1. The van der Waals surface area contributed by atoms with Crippen LogP contribution in [-0.2, 0) is 14.3 Å². The van der Waals surface area contributed by atoms with E-state index in [1.165, 1.54) is 25.4 Å². The van der Waals surface area contributed by atoms with Crippen molar-refractivity contribution in [1.29, 1.82) is 0 Å². The van der Waals surface area contributed by atoms with Crippen LogP contribution in [0.3, 0.4) is 0 Å². The summed E-state index contributed by atoms with van der Waals surface area (Å²) in [5.74, 6) is -0.170. The zero-order chi connectivity index (χ0) is 37.1. The highest BCUT2D eigenvalue weighted by Crippen LogP contribution is 2.45. The Kier molecular flexibility index (Phi) is 9.83. The number of rotatable bonds is 8. The maximum atomic E-state index is 14.3. The van der Waals surface area contributed by atoms with Crippen molar-refractivity contribution in [2.24, 2.45) is 0 Å². The first-order chi connectivity index (χ1) is 24.7. The number of carbonyl (C=O) groups excluding carboxylic acids is 2. The van der Waals surface area contributed by atoms with Crippen molar-refractivity contribution in [2.45, 2.75) is 77.7 Å². The Balaban J connectivity index is 1.28. The highest BCUT2D eigenvalue weighted by molar-refractivity contribution is 7.22. The number of ketones is 1. The van der Waals surface area contributed by atoms with E-state index in [0.29, 0.717) is 40.0 Å². The van der Waals surface area contributed by atoms with Crippen molar-refractivity contribution in [3.63, 3.8) is 0 Å². The van der Waals surface area contributed by atoms with Crippen LogP contribution in [0.4, 0.5) is 13.6 Å². The van der Waals surface area contributed by atoms with Crippen LogP contribution >= 0.6 is 22.9 Å². The average molecular weight is 751 g/mol. The van der Waals surface area contributed by atoms with Crippen LogP contribution in [0.5, 0.6) is 0 Å². The number of nitrogens with zero attached hydrogens (tertiary/aromatic N) is 6. The first-order valence-corrected chi connectivity index (χ1v) is 18.5. The Morgan fingerprint density at radius 1 is 1.04 bits per heavy atom. The van der Waals surface area contributed by atoms with E-state index in [9.17, 15) is 18.4 Å². The Bertz CT molecular complexity index is 2150. The number of alkyl halides is 2. The molecule has 274 valence electrons. The zero-order valence-corrected chi connectivity index (χ0v) is 31.5. The lowest BCUT2D eigenvalue weighted by Gasteiger charge is -2.46. The molecule has 5 aromatic rings. The number of hydrogen-bond donors (Lipinski definition) is 0. The minimum atomic E-state index is -2.82. The van der Waals surface area contributed by atoms with Crippen LogP contribution in [0, 0.1) is 6.92 Å². The highest BCUT2D eigenvalue weighted by atomic mass is 35.5. The predicted molar refractivity (Wildman–Crippen MR) is 198 cm³/mol. The summed E-state index contributed by atoms with van der Waals surface area (Å²) in [6.45, 7) is 9.21. The van der Waals surface area contributed by atoms with E-state index in [4.69, 9.17) is 31.0 Å². The SMILES string of the molecule is COC(=O)N1CC(N2CCC(c3nn(C(F)F)c4ccc(-c5nc6cc(C)c([C@H](OC(C)(C)C)C(C)=O)c(-c7ccc(Cl)cc7)c6s5)nc34)CC2)C1. The van der Waals surface area contributed by atoms with Gasteiger partial charge in [-0.2, -0.15) is 13.9 Å². The third-order valence-corrected chi connectivity index (χ3v) is 11.2. The van der Waals surface area contributed by atoms with Gasteiger partial charge in [-0.15, -0.1) is 11.3 Å². The van der Waals surface area contributed by atoms with E-state index in [1.54, 1.807) is 17.0 Å². The van der Waals surface area contributed by atoms with Crippen LogP contribution in [-0.4, -0.2) is 86.4 Å². The molecular formula is C38H41ClF2N6O4S. The number of fused-ring (bicyclic) bond motifs is 2. The maximum Gasteiger partial charge on any atom is 0.409 e. The van der Waals surface area contributed by atoms with Crippen molar-refractivity contribution in [2.75, 3.05) is 33.3 Å². The van der Waals surface area contributed by atoms with Gasteiger partial charge >= 0.3 is 12.6 Å². The molecule has 0 aliphatic carbocycles. The molecule has 1 atom stereocenters. The van der Waals surface area contributed by atoms with Gasteiger partial charge in [-0.05, 0) is 102 Å². The largest absolute Gasteiger partial charge is 0.453 e. The Morgan fingerprint density at radius 2 is 1.73 bits per heavy atom. The number of aromatic nitrogens is 4. The van der Waals surface area contributed by atoms with Crippen molar-refractivity contribution in [3.8, 4) is 21.8 Å². The lowest BCUT2D eigenvalue weighted by atomic mass is 9.90. The molecule has 3 aromatic heterocycles. The molecule has 7 rings (SSSR count). The Morgan fingerprint density at radius 3 is 2.35 bits per heavy atom. The molecule has 5 heterocycles. The maximum absolute atomic E-state index is 14.3. The van der Waals surface area contributed by atoms with E-state index < -0.39 is 18.3 Å². The lowest BCUT2D eigenvalue weighted by Crippen LogP contribution is -2.62. The number of ether oxygens (including phenoxy) is 2. The summed E-state index contributed by atoms with van der Waals surface area (Å²) >= 11 is 7.72. The number of pyridine rings is 1. The van der Waals surface area contributed by atoms with Crippen LogP contribution in [0.1, 0.15) is 75.9 Å². The summed E-state index contributed by atoms with van der Waals surface area (Å²) in [6.07, 6.45) is 0.326. The van der Waals surface area contributed by atoms with Gasteiger partial charge in [-0.1, -0.05) is 23.7 Å². The van der Waals surface area contributed by atoms with Crippen molar-refractivity contribution >= 4 is 56.1 Å². The van der Waals surface area contributed by atoms with Gasteiger partial charge in [0.05, 0.1) is 39.8 Å².